The van der Waals surface area contributed by atoms with Gasteiger partial charge in [0.05, 0.1) is 5.56 Å². The van der Waals surface area contributed by atoms with Gasteiger partial charge in [0.1, 0.15) is 5.56 Å². The molecule has 0 saturated carbocycles. The van der Waals surface area contributed by atoms with Gasteiger partial charge in [0, 0.05) is 37.3 Å². The van der Waals surface area contributed by atoms with E-state index in [1.54, 1.807) is 0 Å². The van der Waals surface area contributed by atoms with E-state index in [0.29, 0.717) is 19.4 Å². The van der Waals surface area contributed by atoms with Gasteiger partial charge in [-0.1, -0.05) is 17.7 Å². The number of ether oxygens (including phenoxy) is 1. The summed E-state index contributed by atoms with van der Waals surface area (Å²) < 4.78 is 46.5. The second-order valence-corrected chi connectivity index (χ2v) is 7.20. The highest BCUT2D eigenvalue weighted by Crippen LogP contribution is 2.39. The Morgan fingerprint density at radius 2 is 2.07 bits per heavy atom. The average molecular weight is 431 g/mol. The van der Waals surface area contributed by atoms with E-state index in [4.69, 9.17) is 22.1 Å². The van der Waals surface area contributed by atoms with Crippen LogP contribution in [0.3, 0.4) is 0 Å². The van der Waals surface area contributed by atoms with Gasteiger partial charge in [-0.2, -0.15) is 13.2 Å². The number of rotatable bonds is 3. The zero-order chi connectivity index (χ0) is 21.3. The SMILES string of the molecule is Cn1cc(C(=O)N2CCCC(c3ccc(Cl)cc3C(F)(F)F)C2)c(OC(N)=O)n1. The summed E-state index contributed by atoms with van der Waals surface area (Å²) in [4.78, 5) is 25.4. The van der Waals surface area contributed by atoms with Gasteiger partial charge >= 0.3 is 12.3 Å². The van der Waals surface area contributed by atoms with Crippen LogP contribution in [0.2, 0.25) is 5.02 Å². The lowest BCUT2D eigenvalue weighted by molar-refractivity contribution is -0.138. The summed E-state index contributed by atoms with van der Waals surface area (Å²) in [5.74, 6) is -1.25. The number of carbonyl (C=O) groups is 2. The van der Waals surface area contributed by atoms with Crippen molar-refractivity contribution < 1.29 is 27.5 Å². The maximum Gasteiger partial charge on any atom is 0.416 e. The fourth-order valence-electron chi connectivity index (χ4n) is 3.50. The lowest BCUT2D eigenvalue weighted by Crippen LogP contribution is -2.39. The first-order valence-electron chi connectivity index (χ1n) is 8.73. The molecule has 11 heteroatoms. The van der Waals surface area contributed by atoms with Crippen LogP contribution < -0.4 is 10.5 Å². The van der Waals surface area contributed by atoms with Crippen molar-refractivity contribution in [3.63, 3.8) is 0 Å². The Hall–Kier alpha value is -2.75. The molecule has 1 aromatic carbocycles. The first-order chi connectivity index (χ1) is 13.6. The topological polar surface area (TPSA) is 90.5 Å². The average Bonchev–Trinajstić information content (AvgIpc) is 2.99. The zero-order valence-electron chi connectivity index (χ0n) is 15.4. The van der Waals surface area contributed by atoms with Gasteiger partial charge < -0.3 is 15.4 Å². The minimum atomic E-state index is -4.56. The summed E-state index contributed by atoms with van der Waals surface area (Å²) >= 11 is 5.76. The standard InChI is InChI=1S/C18H18ClF3N4O3/c1-25-9-13(15(24-25)29-17(23)28)16(27)26-6-2-3-10(8-26)12-5-4-11(19)7-14(12)18(20,21)22/h4-5,7,9-10H,2-3,6,8H2,1H3,(H2,23,28). The Morgan fingerprint density at radius 1 is 1.34 bits per heavy atom. The largest absolute Gasteiger partial charge is 0.416 e. The number of halogens is 4. The van der Waals surface area contributed by atoms with Gasteiger partial charge in [0.2, 0.25) is 0 Å². The molecule has 156 valence electrons. The lowest BCUT2D eigenvalue weighted by Gasteiger charge is -2.34. The Bertz CT molecular complexity index is 945. The van der Waals surface area contributed by atoms with E-state index in [-0.39, 0.29) is 28.6 Å². The molecule has 29 heavy (non-hydrogen) atoms. The smallest absolute Gasteiger partial charge is 0.389 e. The molecule has 0 radical (unpaired) electrons. The lowest BCUT2D eigenvalue weighted by atomic mass is 9.87. The van der Waals surface area contributed by atoms with E-state index in [2.05, 4.69) is 5.10 Å². The highest BCUT2D eigenvalue weighted by atomic mass is 35.5. The maximum atomic E-state index is 13.5. The van der Waals surface area contributed by atoms with E-state index >= 15 is 0 Å². The predicted molar refractivity (Wildman–Crippen MR) is 97.8 cm³/mol. The van der Waals surface area contributed by atoms with E-state index in [0.717, 1.165) is 6.07 Å². The number of carbonyl (C=O) groups excluding carboxylic acids is 2. The minimum Gasteiger partial charge on any atom is -0.389 e. The minimum absolute atomic E-state index is 0.00609. The molecule has 2 heterocycles. The monoisotopic (exact) mass is 430 g/mol. The van der Waals surface area contributed by atoms with Crippen molar-refractivity contribution in [1.29, 1.82) is 0 Å². The second-order valence-electron chi connectivity index (χ2n) is 6.76. The number of aryl methyl sites for hydroxylation is 1. The fourth-order valence-corrected chi connectivity index (χ4v) is 3.67. The van der Waals surface area contributed by atoms with Crippen molar-refractivity contribution in [3.05, 3.63) is 46.1 Å². The number of aromatic nitrogens is 2. The first-order valence-corrected chi connectivity index (χ1v) is 9.11. The van der Waals surface area contributed by atoms with Gasteiger partial charge in [0.15, 0.2) is 0 Å². The number of hydrogen-bond donors (Lipinski definition) is 1. The molecule has 0 aliphatic carbocycles. The number of piperidine rings is 1. The normalized spacial score (nSPS) is 17.3. The quantitative estimate of drug-likeness (QED) is 0.806. The molecule has 3 rings (SSSR count). The van der Waals surface area contributed by atoms with Crippen LogP contribution in [0.15, 0.2) is 24.4 Å². The van der Waals surface area contributed by atoms with E-state index in [1.807, 2.05) is 0 Å². The number of primary amides is 1. The van der Waals surface area contributed by atoms with Gasteiger partial charge in [0.25, 0.3) is 11.8 Å². The van der Waals surface area contributed by atoms with Gasteiger partial charge in [-0.05, 0) is 30.5 Å². The number of hydrogen-bond acceptors (Lipinski definition) is 4. The summed E-state index contributed by atoms with van der Waals surface area (Å²) in [6.07, 6.45) is -3.30. The number of nitrogens with zero attached hydrogens (tertiary/aromatic N) is 3. The predicted octanol–water partition coefficient (Wildman–Crippen LogP) is 3.57. The maximum absolute atomic E-state index is 13.5. The molecule has 1 aliphatic rings. The molecular weight excluding hydrogens is 413 g/mol. The number of likely N-dealkylation sites (tertiary alicyclic amines) is 1. The van der Waals surface area contributed by atoms with Crippen LogP contribution in [0, 0.1) is 0 Å². The number of amides is 2. The van der Waals surface area contributed by atoms with Crippen LogP contribution >= 0.6 is 11.6 Å². The molecule has 7 nitrogen and oxygen atoms in total. The fraction of sp³-hybridized carbons (Fsp3) is 0.389. The molecule has 0 bridgehead atoms. The molecule has 1 unspecified atom stereocenters. The number of alkyl halides is 3. The summed E-state index contributed by atoms with van der Waals surface area (Å²) in [7, 11) is 1.53. The number of nitrogens with two attached hydrogens (primary N) is 1. The van der Waals surface area contributed by atoms with Crippen LogP contribution in [-0.4, -0.2) is 39.8 Å². The van der Waals surface area contributed by atoms with E-state index in [9.17, 15) is 22.8 Å². The van der Waals surface area contributed by atoms with Crippen molar-refractivity contribution >= 4 is 23.6 Å². The third kappa shape index (κ3) is 4.64. The van der Waals surface area contributed by atoms with E-state index in [1.165, 1.54) is 35.0 Å². The first kappa shape index (κ1) is 21.0. The van der Waals surface area contributed by atoms with Crippen molar-refractivity contribution in [2.75, 3.05) is 13.1 Å². The zero-order valence-corrected chi connectivity index (χ0v) is 16.1. The molecular formula is C18H18ClF3N4O3. The van der Waals surface area contributed by atoms with Crippen LogP contribution in [0.5, 0.6) is 5.88 Å². The highest BCUT2D eigenvalue weighted by Gasteiger charge is 2.37. The van der Waals surface area contributed by atoms with Crippen LogP contribution in [0.25, 0.3) is 0 Å². The summed E-state index contributed by atoms with van der Waals surface area (Å²) in [5.41, 5.74) is 4.30. The Labute approximate surface area is 169 Å². The summed E-state index contributed by atoms with van der Waals surface area (Å²) in [6, 6.07) is 3.67. The summed E-state index contributed by atoms with van der Waals surface area (Å²) in [6.45, 7) is 0.434. The van der Waals surface area contributed by atoms with Gasteiger partial charge in [-0.25, -0.2) is 4.79 Å². The molecule has 1 fully saturated rings. The van der Waals surface area contributed by atoms with Crippen LogP contribution in [0.4, 0.5) is 18.0 Å². The van der Waals surface area contributed by atoms with Gasteiger partial charge in [-0.15, -0.1) is 5.10 Å². The third-order valence-electron chi connectivity index (χ3n) is 4.69. The second kappa shape index (κ2) is 7.94. The van der Waals surface area contributed by atoms with Crippen LogP contribution in [-0.2, 0) is 13.2 Å². The van der Waals surface area contributed by atoms with Crippen molar-refractivity contribution in [1.82, 2.24) is 14.7 Å². The summed E-state index contributed by atoms with van der Waals surface area (Å²) in [5, 5.41) is 3.88. The molecule has 0 spiro atoms. The van der Waals surface area contributed by atoms with Gasteiger partial charge in [-0.3, -0.25) is 9.48 Å². The van der Waals surface area contributed by atoms with Crippen LogP contribution in [0.1, 0.15) is 40.2 Å². The Balaban J connectivity index is 1.87. The van der Waals surface area contributed by atoms with E-state index < -0.39 is 29.7 Å². The molecule has 1 aromatic heterocycles. The van der Waals surface area contributed by atoms with Crippen molar-refractivity contribution in [3.8, 4) is 5.88 Å². The number of benzene rings is 1. The highest BCUT2D eigenvalue weighted by molar-refractivity contribution is 6.30. The Morgan fingerprint density at radius 3 is 2.72 bits per heavy atom. The third-order valence-corrected chi connectivity index (χ3v) is 4.93. The molecule has 1 saturated heterocycles. The molecule has 2 aromatic rings. The molecule has 1 atom stereocenters. The molecule has 2 amide bonds. The molecule has 1 aliphatic heterocycles. The Kier molecular flexibility index (Phi) is 5.74. The van der Waals surface area contributed by atoms with Crippen molar-refractivity contribution in [2.45, 2.75) is 24.9 Å². The van der Waals surface area contributed by atoms with Crippen molar-refractivity contribution in [2.24, 2.45) is 12.8 Å². The molecule has 2 N–H and O–H groups in total.